The molecule has 1 aromatic rings. The molecule has 1 amide bonds. The van der Waals surface area contributed by atoms with Crippen molar-refractivity contribution in [2.45, 2.75) is 48.4 Å². The second kappa shape index (κ2) is 5.32. The molecule has 1 saturated carbocycles. The van der Waals surface area contributed by atoms with E-state index in [1.807, 2.05) is 4.90 Å². The van der Waals surface area contributed by atoms with E-state index in [1.165, 1.54) is 24.2 Å². The van der Waals surface area contributed by atoms with Gasteiger partial charge in [0.25, 0.3) is 10.0 Å². The molecule has 22 heavy (non-hydrogen) atoms. The number of carbonyl (C=O) groups is 1. The van der Waals surface area contributed by atoms with E-state index in [-0.39, 0.29) is 18.0 Å². The molecule has 2 atom stereocenters. The van der Waals surface area contributed by atoms with Crippen LogP contribution in [0, 0.1) is 5.92 Å². The minimum atomic E-state index is -3.41. The van der Waals surface area contributed by atoms with Crippen molar-refractivity contribution in [3.63, 3.8) is 0 Å². The van der Waals surface area contributed by atoms with Gasteiger partial charge in [0, 0.05) is 31.6 Å². The second-order valence-electron chi connectivity index (χ2n) is 6.50. The van der Waals surface area contributed by atoms with Gasteiger partial charge in [-0.1, -0.05) is 6.07 Å². The molecule has 120 valence electrons. The summed E-state index contributed by atoms with van der Waals surface area (Å²) in [6, 6.07) is 3.48. The highest BCUT2D eigenvalue weighted by atomic mass is 32.2. The van der Waals surface area contributed by atoms with Gasteiger partial charge in [-0.05, 0) is 43.0 Å². The van der Waals surface area contributed by atoms with Crippen molar-refractivity contribution in [2.24, 2.45) is 5.92 Å². The van der Waals surface area contributed by atoms with Gasteiger partial charge in [-0.15, -0.1) is 11.3 Å². The summed E-state index contributed by atoms with van der Waals surface area (Å²) in [6.07, 6.45) is 4.32. The van der Waals surface area contributed by atoms with Crippen LogP contribution in [0.1, 0.15) is 32.1 Å². The van der Waals surface area contributed by atoms with Gasteiger partial charge in [0.1, 0.15) is 4.21 Å². The zero-order chi connectivity index (χ0) is 15.3. The van der Waals surface area contributed by atoms with Crippen molar-refractivity contribution < 1.29 is 13.2 Å². The van der Waals surface area contributed by atoms with Gasteiger partial charge in [0.05, 0.1) is 0 Å². The molecule has 0 unspecified atom stereocenters. The lowest BCUT2D eigenvalue weighted by Gasteiger charge is -2.39. The molecule has 3 heterocycles. The highest BCUT2D eigenvalue weighted by molar-refractivity contribution is 7.91. The quantitative estimate of drug-likeness (QED) is 0.841. The number of hydrogen-bond acceptors (Lipinski definition) is 4. The van der Waals surface area contributed by atoms with Crippen LogP contribution in [0.15, 0.2) is 21.7 Å². The van der Waals surface area contributed by atoms with Gasteiger partial charge in [-0.2, -0.15) is 4.31 Å². The number of likely N-dealkylation sites (tertiary alicyclic amines) is 1. The number of fused-ring (bicyclic) bond motifs is 1. The minimum absolute atomic E-state index is 0.0384. The topological polar surface area (TPSA) is 57.7 Å². The average molecular weight is 340 g/mol. The maximum absolute atomic E-state index is 12.8. The summed E-state index contributed by atoms with van der Waals surface area (Å²) in [4.78, 5) is 14.2. The Hall–Kier alpha value is -0.920. The van der Waals surface area contributed by atoms with Crippen LogP contribution in [0.25, 0.3) is 0 Å². The maximum Gasteiger partial charge on any atom is 0.252 e. The van der Waals surface area contributed by atoms with Gasteiger partial charge in [-0.25, -0.2) is 8.42 Å². The molecule has 4 rings (SSSR count). The number of rotatable bonds is 4. The van der Waals surface area contributed by atoms with Crippen molar-refractivity contribution in [1.29, 1.82) is 0 Å². The van der Waals surface area contributed by atoms with Crippen LogP contribution in [0.5, 0.6) is 0 Å². The van der Waals surface area contributed by atoms with Gasteiger partial charge < -0.3 is 4.90 Å². The lowest BCUT2D eigenvalue weighted by atomic mass is 9.96. The molecule has 7 heteroatoms. The zero-order valence-electron chi connectivity index (χ0n) is 12.3. The van der Waals surface area contributed by atoms with Crippen molar-refractivity contribution in [2.75, 3.05) is 13.1 Å². The number of piperidine rings is 1. The molecule has 0 radical (unpaired) electrons. The molecule has 2 saturated heterocycles. The van der Waals surface area contributed by atoms with Crippen molar-refractivity contribution in [1.82, 2.24) is 9.21 Å². The van der Waals surface area contributed by atoms with Crippen molar-refractivity contribution in [3.8, 4) is 0 Å². The third-order valence-electron chi connectivity index (χ3n) is 5.04. The Bertz CT molecular complexity index is 667. The first-order chi connectivity index (χ1) is 10.6. The van der Waals surface area contributed by atoms with Crippen LogP contribution in [0.3, 0.4) is 0 Å². The summed E-state index contributed by atoms with van der Waals surface area (Å²) in [7, 11) is -3.41. The highest BCUT2D eigenvalue weighted by Crippen LogP contribution is 2.38. The lowest BCUT2D eigenvalue weighted by Crippen LogP contribution is -2.53. The Morgan fingerprint density at radius 3 is 2.68 bits per heavy atom. The van der Waals surface area contributed by atoms with Gasteiger partial charge in [-0.3, -0.25) is 4.79 Å². The molecule has 1 aliphatic carbocycles. The summed E-state index contributed by atoms with van der Waals surface area (Å²) in [5.74, 6) is 0.856. The monoisotopic (exact) mass is 340 g/mol. The largest absolute Gasteiger partial charge is 0.338 e. The van der Waals surface area contributed by atoms with Crippen LogP contribution < -0.4 is 0 Å². The van der Waals surface area contributed by atoms with Crippen LogP contribution in [0.2, 0.25) is 0 Å². The van der Waals surface area contributed by atoms with Crippen molar-refractivity contribution in [3.05, 3.63) is 17.5 Å². The fourth-order valence-corrected chi connectivity index (χ4v) is 6.57. The molecular formula is C15H20N2O3S2. The molecule has 0 bridgehead atoms. The second-order valence-corrected chi connectivity index (χ2v) is 9.56. The number of nitrogens with zero attached hydrogens (tertiary/aromatic N) is 2. The van der Waals surface area contributed by atoms with Crippen LogP contribution in [-0.4, -0.2) is 48.7 Å². The van der Waals surface area contributed by atoms with E-state index in [0.29, 0.717) is 29.5 Å². The zero-order valence-corrected chi connectivity index (χ0v) is 14.0. The molecule has 3 aliphatic rings. The highest BCUT2D eigenvalue weighted by Gasteiger charge is 2.48. The molecule has 1 aromatic heterocycles. The van der Waals surface area contributed by atoms with Crippen LogP contribution >= 0.6 is 11.3 Å². The summed E-state index contributed by atoms with van der Waals surface area (Å²) >= 11 is 1.27. The Balaban J connectivity index is 1.59. The predicted molar refractivity (Wildman–Crippen MR) is 84.1 cm³/mol. The summed E-state index contributed by atoms with van der Waals surface area (Å²) < 4.78 is 27.7. The first-order valence-corrected chi connectivity index (χ1v) is 10.2. The third kappa shape index (κ3) is 2.39. The number of thiophene rings is 1. The standard InChI is InChI=1S/C15H20N2O3S2/c18-14-6-5-13-12(16(14)10-11-3-4-11)7-8-17(13)22(19,20)15-2-1-9-21-15/h1-2,9,11-13H,3-8,10H2/t12-,13-/m0/s1. The molecule has 0 spiro atoms. The first kappa shape index (κ1) is 14.7. The summed E-state index contributed by atoms with van der Waals surface area (Å²) in [5, 5.41) is 1.80. The van der Waals surface area contributed by atoms with E-state index in [1.54, 1.807) is 21.8 Å². The fraction of sp³-hybridized carbons (Fsp3) is 0.667. The van der Waals surface area contributed by atoms with Crippen LogP contribution in [-0.2, 0) is 14.8 Å². The Labute approximate surface area is 135 Å². The Morgan fingerprint density at radius 2 is 2.00 bits per heavy atom. The molecule has 0 N–H and O–H groups in total. The summed E-state index contributed by atoms with van der Waals surface area (Å²) in [5.41, 5.74) is 0. The van der Waals surface area contributed by atoms with Gasteiger partial charge >= 0.3 is 0 Å². The van der Waals surface area contributed by atoms with Crippen molar-refractivity contribution >= 4 is 27.3 Å². The van der Waals surface area contributed by atoms with E-state index < -0.39 is 10.0 Å². The number of sulfonamides is 1. The smallest absolute Gasteiger partial charge is 0.252 e. The van der Waals surface area contributed by atoms with Crippen LogP contribution in [0.4, 0.5) is 0 Å². The number of carbonyl (C=O) groups excluding carboxylic acids is 1. The normalized spacial score (nSPS) is 29.8. The number of amides is 1. The van der Waals surface area contributed by atoms with E-state index in [9.17, 15) is 13.2 Å². The first-order valence-electron chi connectivity index (χ1n) is 7.92. The molecule has 5 nitrogen and oxygen atoms in total. The Morgan fingerprint density at radius 1 is 1.18 bits per heavy atom. The SMILES string of the molecule is O=C1CC[C@H]2[C@H](CCN2S(=O)(=O)c2cccs2)N1CC1CC1. The van der Waals surface area contributed by atoms with E-state index >= 15 is 0 Å². The van der Waals surface area contributed by atoms with E-state index in [2.05, 4.69) is 0 Å². The average Bonchev–Trinajstić information content (AvgIpc) is 3.00. The summed E-state index contributed by atoms with van der Waals surface area (Å²) in [6.45, 7) is 1.36. The van der Waals surface area contributed by atoms with E-state index in [4.69, 9.17) is 0 Å². The molecule has 2 aliphatic heterocycles. The van der Waals surface area contributed by atoms with E-state index in [0.717, 1.165) is 13.0 Å². The van der Waals surface area contributed by atoms with Gasteiger partial charge in [0.15, 0.2) is 0 Å². The third-order valence-corrected chi connectivity index (χ3v) is 8.34. The maximum atomic E-state index is 12.8. The Kier molecular flexibility index (Phi) is 3.54. The fourth-order valence-electron chi connectivity index (χ4n) is 3.75. The predicted octanol–water partition coefficient (Wildman–Crippen LogP) is 1.91. The number of hydrogen-bond donors (Lipinski definition) is 0. The molecule has 3 fully saturated rings. The molecule has 0 aromatic carbocycles. The molecular weight excluding hydrogens is 320 g/mol. The minimum Gasteiger partial charge on any atom is -0.338 e. The lowest BCUT2D eigenvalue weighted by molar-refractivity contribution is -0.137. The van der Waals surface area contributed by atoms with Gasteiger partial charge in [0.2, 0.25) is 5.91 Å².